The minimum Gasteiger partial charge on any atom is -0.497 e. The predicted molar refractivity (Wildman–Crippen MR) is 88.2 cm³/mol. The van der Waals surface area contributed by atoms with Gasteiger partial charge in [-0.2, -0.15) is 10.1 Å². The van der Waals surface area contributed by atoms with Crippen molar-refractivity contribution in [2.75, 3.05) is 20.2 Å². The molecule has 0 spiro atoms. The van der Waals surface area contributed by atoms with Gasteiger partial charge in [0.25, 0.3) is 0 Å². The number of likely N-dealkylation sites (tertiary alicyclic amines) is 1. The van der Waals surface area contributed by atoms with Crippen LogP contribution < -0.4 is 9.47 Å². The molecule has 130 valence electrons. The van der Waals surface area contributed by atoms with Crippen molar-refractivity contribution in [1.29, 1.82) is 0 Å². The van der Waals surface area contributed by atoms with Gasteiger partial charge in [0.05, 0.1) is 19.7 Å². The molecule has 0 bridgehead atoms. The maximum atomic E-state index is 5.65. The Morgan fingerprint density at radius 1 is 1.20 bits per heavy atom. The molecule has 0 atom stereocenters. The first-order chi connectivity index (χ1) is 12.3. The average Bonchev–Trinajstić information content (AvgIpc) is 3.28. The topological polar surface area (TPSA) is 78.4 Å². The van der Waals surface area contributed by atoms with Crippen LogP contribution in [0.25, 0.3) is 0 Å². The van der Waals surface area contributed by atoms with Gasteiger partial charge in [-0.25, -0.2) is 0 Å². The van der Waals surface area contributed by atoms with E-state index < -0.39 is 0 Å². The molecule has 25 heavy (non-hydrogen) atoms. The lowest BCUT2D eigenvalue weighted by Gasteiger charge is -2.38. The molecule has 0 radical (unpaired) electrons. The molecule has 0 saturated carbocycles. The van der Waals surface area contributed by atoms with Crippen LogP contribution in [-0.2, 0) is 13.2 Å². The van der Waals surface area contributed by atoms with Crippen LogP contribution in [0.15, 0.2) is 47.2 Å². The van der Waals surface area contributed by atoms with Gasteiger partial charge < -0.3 is 14.0 Å². The van der Waals surface area contributed by atoms with Crippen molar-refractivity contribution in [1.82, 2.24) is 24.8 Å². The zero-order valence-electron chi connectivity index (χ0n) is 13.9. The fraction of sp³-hybridized carbons (Fsp3) is 0.353. The van der Waals surface area contributed by atoms with Crippen molar-refractivity contribution in [3.63, 3.8) is 0 Å². The Morgan fingerprint density at radius 3 is 2.72 bits per heavy atom. The highest BCUT2D eigenvalue weighted by atomic mass is 16.5. The van der Waals surface area contributed by atoms with E-state index in [0.717, 1.165) is 24.6 Å². The summed E-state index contributed by atoms with van der Waals surface area (Å²) in [5, 5.41) is 8.23. The van der Waals surface area contributed by atoms with Gasteiger partial charge in [-0.05, 0) is 30.3 Å². The van der Waals surface area contributed by atoms with E-state index in [2.05, 4.69) is 20.1 Å². The Balaban J connectivity index is 1.25. The third-order valence-corrected chi connectivity index (χ3v) is 4.13. The Kier molecular flexibility index (Phi) is 4.34. The van der Waals surface area contributed by atoms with E-state index in [9.17, 15) is 0 Å². The first-order valence-electron chi connectivity index (χ1n) is 8.10. The van der Waals surface area contributed by atoms with E-state index in [1.165, 1.54) is 0 Å². The molecule has 8 heteroatoms. The molecule has 1 aliphatic rings. The lowest BCUT2D eigenvalue weighted by molar-refractivity contribution is 0.0790. The van der Waals surface area contributed by atoms with Gasteiger partial charge in [0.15, 0.2) is 6.61 Å². The summed E-state index contributed by atoms with van der Waals surface area (Å²) < 4.78 is 18.0. The first-order valence-corrected chi connectivity index (χ1v) is 8.10. The third-order valence-electron chi connectivity index (χ3n) is 4.13. The number of hydrogen-bond acceptors (Lipinski definition) is 7. The second-order valence-corrected chi connectivity index (χ2v) is 5.90. The molecule has 1 fully saturated rings. The van der Waals surface area contributed by atoms with Crippen molar-refractivity contribution in [3.05, 3.63) is 54.4 Å². The number of methoxy groups -OCH3 is 1. The van der Waals surface area contributed by atoms with Crippen LogP contribution in [0.4, 0.5) is 0 Å². The fourth-order valence-electron chi connectivity index (χ4n) is 2.76. The van der Waals surface area contributed by atoms with Gasteiger partial charge in [0.2, 0.25) is 11.7 Å². The van der Waals surface area contributed by atoms with E-state index in [-0.39, 0.29) is 6.61 Å². The van der Waals surface area contributed by atoms with Crippen LogP contribution >= 0.6 is 0 Å². The molecule has 1 saturated heterocycles. The number of benzene rings is 1. The normalized spacial score (nSPS) is 15.1. The monoisotopic (exact) mass is 341 g/mol. The highest BCUT2D eigenvalue weighted by Gasteiger charge is 2.29. The minimum absolute atomic E-state index is 0.270. The molecule has 4 rings (SSSR count). The predicted octanol–water partition coefficient (Wildman–Crippen LogP) is 1.91. The van der Waals surface area contributed by atoms with Crippen LogP contribution in [0.2, 0.25) is 0 Å². The third kappa shape index (κ3) is 3.63. The SMILES string of the molecule is COc1ccc(OCc2noc(CN3CC(n4cccn4)C3)n2)cc1. The summed E-state index contributed by atoms with van der Waals surface area (Å²) in [6.07, 6.45) is 3.79. The molecular weight excluding hydrogens is 322 g/mol. The summed E-state index contributed by atoms with van der Waals surface area (Å²) >= 11 is 0. The first kappa shape index (κ1) is 15.6. The Bertz CT molecular complexity index is 794. The van der Waals surface area contributed by atoms with Gasteiger partial charge in [0, 0.05) is 25.5 Å². The number of nitrogens with zero attached hydrogens (tertiary/aromatic N) is 5. The summed E-state index contributed by atoms with van der Waals surface area (Å²) in [6, 6.07) is 9.74. The van der Waals surface area contributed by atoms with E-state index in [1.807, 2.05) is 41.2 Å². The number of ether oxygens (including phenoxy) is 2. The molecule has 0 N–H and O–H groups in total. The second-order valence-electron chi connectivity index (χ2n) is 5.90. The van der Waals surface area contributed by atoms with Gasteiger partial charge in [-0.1, -0.05) is 5.16 Å². The molecule has 3 heterocycles. The largest absolute Gasteiger partial charge is 0.497 e. The molecule has 2 aromatic heterocycles. The number of rotatable bonds is 7. The minimum atomic E-state index is 0.270. The van der Waals surface area contributed by atoms with Crippen LogP contribution in [0.5, 0.6) is 11.5 Å². The van der Waals surface area contributed by atoms with E-state index in [4.69, 9.17) is 14.0 Å². The van der Waals surface area contributed by atoms with Crippen LogP contribution in [0.3, 0.4) is 0 Å². The standard InChI is InChI=1S/C17H19N5O3/c1-23-14-3-5-15(6-4-14)24-12-16-19-17(25-20-16)11-21-9-13(10-21)22-8-2-7-18-22/h2-8,13H,9-12H2,1H3. The Labute approximate surface area is 145 Å². The molecule has 0 unspecified atom stereocenters. The summed E-state index contributed by atoms with van der Waals surface area (Å²) in [7, 11) is 1.63. The fourth-order valence-corrected chi connectivity index (χ4v) is 2.76. The molecule has 8 nitrogen and oxygen atoms in total. The van der Waals surface area contributed by atoms with Crippen molar-refractivity contribution in [2.45, 2.75) is 19.2 Å². The number of aromatic nitrogens is 4. The van der Waals surface area contributed by atoms with Gasteiger partial charge in [0.1, 0.15) is 11.5 Å². The molecule has 1 aliphatic heterocycles. The van der Waals surface area contributed by atoms with Gasteiger partial charge in [-0.3, -0.25) is 9.58 Å². The van der Waals surface area contributed by atoms with E-state index >= 15 is 0 Å². The lowest BCUT2D eigenvalue weighted by Crippen LogP contribution is -2.47. The molecule has 0 amide bonds. The Morgan fingerprint density at radius 2 is 2.00 bits per heavy atom. The Hall–Kier alpha value is -2.87. The highest BCUT2D eigenvalue weighted by molar-refractivity contribution is 5.31. The average molecular weight is 341 g/mol. The summed E-state index contributed by atoms with van der Waals surface area (Å²) in [5.74, 6) is 2.66. The summed E-state index contributed by atoms with van der Waals surface area (Å²) in [5.41, 5.74) is 0. The highest BCUT2D eigenvalue weighted by Crippen LogP contribution is 2.22. The zero-order valence-corrected chi connectivity index (χ0v) is 13.9. The maximum Gasteiger partial charge on any atom is 0.240 e. The van der Waals surface area contributed by atoms with Crippen molar-refractivity contribution >= 4 is 0 Å². The zero-order chi connectivity index (χ0) is 17.1. The van der Waals surface area contributed by atoms with Crippen LogP contribution in [-0.4, -0.2) is 45.0 Å². The van der Waals surface area contributed by atoms with Crippen molar-refractivity contribution < 1.29 is 14.0 Å². The summed E-state index contributed by atoms with van der Waals surface area (Å²) in [4.78, 5) is 6.62. The lowest BCUT2D eigenvalue weighted by atomic mass is 10.1. The van der Waals surface area contributed by atoms with Crippen LogP contribution in [0.1, 0.15) is 17.8 Å². The molecule has 1 aromatic carbocycles. The number of hydrogen-bond donors (Lipinski definition) is 0. The van der Waals surface area contributed by atoms with Gasteiger partial charge >= 0.3 is 0 Å². The van der Waals surface area contributed by atoms with Crippen molar-refractivity contribution in [2.24, 2.45) is 0 Å². The molecule has 0 aliphatic carbocycles. The molecular formula is C17H19N5O3. The van der Waals surface area contributed by atoms with E-state index in [1.54, 1.807) is 13.3 Å². The summed E-state index contributed by atoms with van der Waals surface area (Å²) in [6.45, 7) is 2.78. The molecule has 3 aromatic rings. The van der Waals surface area contributed by atoms with Crippen molar-refractivity contribution in [3.8, 4) is 11.5 Å². The second kappa shape index (κ2) is 6.94. The quantitative estimate of drug-likeness (QED) is 0.649. The van der Waals surface area contributed by atoms with E-state index in [0.29, 0.717) is 24.3 Å². The van der Waals surface area contributed by atoms with Gasteiger partial charge in [-0.15, -0.1) is 0 Å². The maximum absolute atomic E-state index is 5.65. The van der Waals surface area contributed by atoms with Crippen LogP contribution in [0, 0.1) is 0 Å². The smallest absolute Gasteiger partial charge is 0.240 e.